The molecule has 190 valence electrons. The van der Waals surface area contributed by atoms with Crippen LogP contribution in [-0.2, 0) is 23.4 Å². The lowest BCUT2D eigenvalue weighted by molar-refractivity contribution is -0.126. The van der Waals surface area contributed by atoms with Crippen molar-refractivity contribution in [3.63, 3.8) is 0 Å². The maximum absolute atomic E-state index is 14.7. The SMILES string of the molecule is O=C1c2oc3ccccc3c(=O)c2C2(C(=O)N(Cc3ccccc3)c3ccccc32)N1Cc1ccc(F)cc1. The van der Waals surface area contributed by atoms with Crippen molar-refractivity contribution < 1.29 is 18.4 Å². The van der Waals surface area contributed by atoms with Crippen molar-refractivity contribution in [1.82, 2.24) is 4.90 Å². The maximum atomic E-state index is 14.7. The molecule has 6 nitrogen and oxygen atoms in total. The average Bonchev–Trinajstić information content (AvgIpc) is 3.35. The smallest absolute Gasteiger partial charge is 0.291 e. The Bertz CT molecular complexity index is 1850. The van der Waals surface area contributed by atoms with Crippen LogP contribution in [0.5, 0.6) is 0 Å². The van der Waals surface area contributed by atoms with Gasteiger partial charge in [-0.3, -0.25) is 14.4 Å². The third-order valence-electron chi connectivity index (χ3n) is 7.58. The van der Waals surface area contributed by atoms with E-state index in [0.29, 0.717) is 22.2 Å². The van der Waals surface area contributed by atoms with Crippen LogP contribution >= 0.6 is 0 Å². The molecule has 2 aliphatic heterocycles. The van der Waals surface area contributed by atoms with Crippen LogP contribution in [-0.4, -0.2) is 16.7 Å². The molecule has 3 heterocycles. The number of benzene rings is 4. The van der Waals surface area contributed by atoms with Gasteiger partial charge < -0.3 is 14.2 Å². The first kappa shape index (κ1) is 23.1. The summed E-state index contributed by atoms with van der Waals surface area (Å²) in [7, 11) is 0. The summed E-state index contributed by atoms with van der Waals surface area (Å²) in [5.74, 6) is -1.54. The lowest BCUT2D eigenvalue weighted by Gasteiger charge is -2.34. The fraction of sp³-hybridized carbons (Fsp3) is 0.0938. The zero-order chi connectivity index (χ0) is 26.7. The van der Waals surface area contributed by atoms with E-state index in [1.807, 2.05) is 42.5 Å². The van der Waals surface area contributed by atoms with E-state index in [1.165, 1.54) is 17.0 Å². The quantitative estimate of drug-likeness (QED) is 0.322. The summed E-state index contributed by atoms with van der Waals surface area (Å²) >= 11 is 0. The highest BCUT2D eigenvalue weighted by molar-refractivity contribution is 6.17. The third-order valence-corrected chi connectivity index (χ3v) is 7.58. The average molecular weight is 517 g/mol. The number of para-hydroxylation sites is 2. The molecule has 2 amide bonds. The number of carbonyl (C=O) groups excluding carboxylic acids is 2. The van der Waals surface area contributed by atoms with Gasteiger partial charge in [0.2, 0.25) is 5.76 Å². The zero-order valence-corrected chi connectivity index (χ0v) is 20.6. The molecule has 0 bridgehead atoms. The molecule has 1 spiro atoms. The number of carbonyl (C=O) groups is 2. The number of rotatable bonds is 4. The second kappa shape index (κ2) is 8.49. The lowest BCUT2D eigenvalue weighted by atomic mass is 9.83. The van der Waals surface area contributed by atoms with Crippen LogP contribution in [0.2, 0.25) is 0 Å². The van der Waals surface area contributed by atoms with Gasteiger partial charge in [-0.05, 0) is 41.5 Å². The van der Waals surface area contributed by atoms with Crippen molar-refractivity contribution >= 4 is 28.5 Å². The Labute approximate surface area is 222 Å². The van der Waals surface area contributed by atoms with E-state index in [1.54, 1.807) is 53.4 Å². The molecule has 1 unspecified atom stereocenters. The summed E-state index contributed by atoms with van der Waals surface area (Å²) < 4.78 is 19.8. The molecule has 7 heteroatoms. The minimum Gasteiger partial charge on any atom is -0.450 e. The van der Waals surface area contributed by atoms with Crippen molar-refractivity contribution in [3.05, 3.63) is 147 Å². The molecule has 0 saturated heterocycles. The minimum atomic E-state index is -1.74. The van der Waals surface area contributed by atoms with Gasteiger partial charge in [-0.25, -0.2) is 4.39 Å². The molecule has 0 aliphatic carbocycles. The van der Waals surface area contributed by atoms with Crippen LogP contribution in [0.1, 0.15) is 32.8 Å². The van der Waals surface area contributed by atoms with E-state index in [-0.39, 0.29) is 30.0 Å². The van der Waals surface area contributed by atoms with Gasteiger partial charge in [0.25, 0.3) is 11.8 Å². The predicted molar refractivity (Wildman–Crippen MR) is 144 cm³/mol. The molecule has 5 aromatic rings. The maximum Gasteiger partial charge on any atom is 0.291 e. The Balaban J connectivity index is 1.51. The first-order valence-electron chi connectivity index (χ1n) is 12.6. The molecule has 4 aromatic carbocycles. The Morgan fingerprint density at radius 1 is 0.718 bits per heavy atom. The van der Waals surface area contributed by atoms with Crippen molar-refractivity contribution in [3.8, 4) is 0 Å². The standard InChI is InChI=1S/C32H21FN2O4/c33-22-16-14-21(15-17-22)19-35-30(37)29-27(28(36)23-10-4-7-13-26(23)39-29)32(35)24-11-5-6-12-25(24)34(31(32)38)18-20-8-2-1-3-9-20/h1-17H,18-19H2. The highest BCUT2D eigenvalue weighted by Crippen LogP contribution is 2.53. The summed E-state index contributed by atoms with van der Waals surface area (Å²) in [4.78, 5) is 46.0. The summed E-state index contributed by atoms with van der Waals surface area (Å²) in [5.41, 5.74) is 0.780. The van der Waals surface area contributed by atoms with Gasteiger partial charge >= 0.3 is 0 Å². The normalized spacial score (nSPS) is 17.8. The van der Waals surface area contributed by atoms with E-state index in [0.717, 1.165) is 5.56 Å². The minimum absolute atomic E-state index is 0.0151. The van der Waals surface area contributed by atoms with Gasteiger partial charge in [-0.2, -0.15) is 0 Å². The molecule has 1 aromatic heterocycles. The molecule has 0 radical (unpaired) electrons. The molecule has 2 aliphatic rings. The highest BCUT2D eigenvalue weighted by Gasteiger charge is 2.64. The molecular weight excluding hydrogens is 495 g/mol. The van der Waals surface area contributed by atoms with Gasteiger partial charge in [-0.15, -0.1) is 0 Å². The highest BCUT2D eigenvalue weighted by atomic mass is 19.1. The molecular formula is C32H21FN2O4. The summed E-state index contributed by atoms with van der Waals surface area (Å²) in [6.07, 6.45) is 0. The first-order valence-corrected chi connectivity index (χ1v) is 12.6. The zero-order valence-electron chi connectivity index (χ0n) is 20.6. The van der Waals surface area contributed by atoms with Gasteiger partial charge in [0.15, 0.2) is 11.0 Å². The van der Waals surface area contributed by atoms with Gasteiger partial charge in [0, 0.05) is 12.1 Å². The summed E-state index contributed by atoms with van der Waals surface area (Å²) in [6, 6.07) is 29.2. The Morgan fingerprint density at radius 3 is 2.18 bits per heavy atom. The number of nitrogens with zero attached hydrogens (tertiary/aromatic N) is 2. The number of amides is 2. The van der Waals surface area contributed by atoms with Crippen molar-refractivity contribution in [2.24, 2.45) is 0 Å². The van der Waals surface area contributed by atoms with E-state index in [2.05, 4.69) is 0 Å². The monoisotopic (exact) mass is 516 g/mol. The van der Waals surface area contributed by atoms with Crippen molar-refractivity contribution in [2.45, 2.75) is 18.6 Å². The van der Waals surface area contributed by atoms with Crippen LogP contribution in [0.15, 0.2) is 112 Å². The molecule has 0 fully saturated rings. The van der Waals surface area contributed by atoms with Crippen LogP contribution in [0, 0.1) is 5.82 Å². The molecule has 1 atom stereocenters. The molecule has 7 rings (SSSR count). The molecule has 0 N–H and O–H groups in total. The second-order valence-corrected chi connectivity index (χ2v) is 9.75. The van der Waals surface area contributed by atoms with Crippen LogP contribution in [0.25, 0.3) is 11.0 Å². The number of hydrogen-bond acceptors (Lipinski definition) is 4. The molecule has 0 saturated carbocycles. The summed E-state index contributed by atoms with van der Waals surface area (Å²) in [6.45, 7) is 0.226. The fourth-order valence-electron chi connectivity index (χ4n) is 5.85. The van der Waals surface area contributed by atoms with Crippen LogP contribution in [0.3, 0.4) is 0 Å². The largest absolute Gasteiger partial charge is 0.450 e. The Kier molecular flexibility index (Phi) is 5.03. The number of halogens is 1. The van der Waals surface area contributed by atoms with E-state index in [4.69, 9.17) is 4.42 Å². The number of hydrogen-bond donors (Lipinski definition) is 0. The fourth-order valence-corrected chi connectivity index (χ4v) is 5.85. The van der Waals surface area contributed by atoms with E-state index in [9.17, 15) is 18.8 Å². The van der Waals surface area contributed by atoms with Crippen LogP contribution < -0.4 is 10.3 Å². The van der Waals surface area contributed by atoms with E-state index >= 15 is 0 Å². The second-order valence-electron chi connectivity index (χ2n) is 9.75. The predicted octanol–water partition coefficient (Wildman–Crippen LogP) is 5.38. The van der Waals surface area contributed by atoms with Crippen LogP contribution in [0.4, 0.5) is 10.1 Å². The van der Waals surface area contributed by atoms with Gasteiger partial charge in [0.1, 0.15) is 11.4 Å². The van der Waals surface area contributed by atoms with Crippen molar-refractivity contribution in [1.29, 1.82) is 0 Å². The Morgan fingerprint density at radius 2 is 1.38 bits per heavy atom. The Hall–Kier alpha value is -5.04. The summed E-state index contributed by atoms with van der Waals surface area (Å²) in [5, 5.41) is 0.291. The van der Waals surface area contributed by atoms with E-state index < -0.39 is 28.6 Å². The number of anilines is 1. The van der Waals surface area contributed by atoms with Crippen molar-refractivity contribution in [2.75, 3.05) is 4.90 Å². The first-order chi connectivity index (χ1) is 19.0. The number of fused-ring (bicyclic) bond motifs is 5. The van der Waals surface area contributed by atoms with Gasteiger partial charge in [-0.1, -0.05) is 72.8 Å². The topological polar surface area (TPSA) is 70.8 Å². The molecule has 39 heavy (non-hydrogen) atoms. The lowest BCUT2D eigenvalue weighted by Crippen LogP contribution is -2.52. The van der Waals surface area contributed by atoms with Gasteiger partial charge in [0.05, 0.1) is 23.2 Å². The third kappa shape index (κ3) is 3.23.